The smallest absolute Gasteiger partial charge is 0.306 e. The van der Waals surface area contributed by atoms with Crippen LogP contribution in [0.25, 0.3) is 11.3 Å². The summed E-state index contributed by atoms with van der Waals surface area (Å²) in [5, 5.41) is 9.51. The number of rotatable bonds is 9. The maximum absolute atomic E-state index is 11.6. The zero-order valence-electron chi connectivity index (χ0n) is 14.8. The average molecular weight is 348 g/mol. The molecule has 0 aliphatic rings. The van der Waals surface area contributed by atoms with Gasteiger partial charge >= 0.3 is 5.97 Å². The van der Waals surface area contributed by atoms with Crippen molar-refractivity contribution in [3.63, 3.8) is 0 Å². The van der Waals surface area contributed by atoms with E-state index in [0.717, 1.165) is 36.1 Å². The van der Waals surface area contributed by atoms with Gasteiger partial charge < -0.3 is 9.52 Å². The highest BCUT2D eigenvalue weighted by molar-refractivity contribution is 5.69. The Morgan fingerprint density at radius 2 is 1.58 bits per heavy atom. The van der Waals surface area contributed by atoms with Crippen LogP contribution in [0, 0.1) is 5.92 Å². The number of aliphatic carboxylic acids is 1. The summed E-state index contributed by atoms with van der Waals surface area (Å²) in [6.45, 7) is 0. The molecule has 0 saturated carbocycles. The predicted molar refractivity (Wildman–Crippen MR) is 103 cm³/mol. The van der Waals surface area contributed by atoms with E-state index < -0.39 is 5.97 Å². The lowest BCUT2D eigenvalue weighted by Crippen LogP contribution is -2.15. The molecule has 1 aromatic heterocycles. The second kappa shape index (κ2) is 9.04. The molecule has 3 aromatic rings. The van der Waals surface area contributed by atoms with Crippen LogP contribution in [0.3, 0.4) is 0 Å². The first kappa shape index (κ1) is 18.0. The van der Waals surface area contributed by atoms with E-state index in [2.05, 4.69) is 24.3 Å². The Hall–Kier alpha value is -2.81. The molecule has 3 heteroatoms. The molecule has 1 unspecified atom stereocenters. The maximum Gasteiger partial charge on any atom is 0.306 e. The van der Waals surface area contributed by atoms with E-state index in [4.69, 9.17) is 4.42 Å². The molecule has 0 spiro atoms. The number of hydrogen-bond donors (Lipinski definition) is 1. The first-order valence-corrected chi connectivity index (χ1v) is 9.12. The fourth-order valence-electron chi connectivity index (χ4n) is 3.21. The average Bonchev–Trinajstić information content (AvgIpc) is 3.20. The molecule has 1 heterocycles. The van der Waals surface area contributed by atoms with Crippen LogP contribution in [0.2, 0.25) is 0 Å². The van der Waals surface area contributed by atoms with Gasteiger partial charge in [0.1, 0.15) is 5.76 Å². The van der Waals surface area contributed by atoms with E-state index in [1.54, 1.807) is 6.26 Å². The summed E-state index contributed by atoms with van der Waals surface area (Å²) in [5.41, 5.74) is 3.47. The Labute approximate surface area is 154 Å². The molecule has 3 nitrogen and oxygen atoms in total. The topological polar surface area (TPSA) is 50.4 Å². The number of benzene rings is 2. The minimum atomic E-state index is -0.690. The van der Waals surface area contributed by atoms with Gasteiger partial charge in [0.25, 0.3) is 0 Å². The minimum Gasteiger partial charge on any atom is -0.481 e. The van der Waals surface area contributed by atoms with Gasteiger partial charge in [0, 0.05) is 5.56 Å². The highest BCUT2D eigenvalue weighted by Gasteiger charge is 2.17. The van der Waals surface area contributed by atoms with Crippen molar-refractivity contribution in [3.8, 4) is 11.3 Å². The van der Waals surface area contributed by atoms with E-state index in [1.165, 1.54) is 5.56 Å². The molecule has 1 N–H and O–H groups in total. The zero-order valence-corrected chi connectivity index (χ0v) is 14.8. The number of carboxylic acid groups (broad SMARTS) is 1. The molecule has 3 rings (SSSR count). The van der Waals surface area contributed by atoms with Crippen molar-refractivity contribution in [3.05, 3.63) is 84.1 Å². The zero-order chi connectivity index (χ0) is 18.2. The second-order valence-electron chi connectivity index (χ2n) is 6.63. The number of furan rings is 1. The Bertz CT molecular complexity index is 789. The van der Waals surface area contributed by atoms with Crippen LogP contribution in [-0.2, 0) is 17.6 Å². The van der Waals surface area contributed by atoms with Crippen molar-refractivity contribution in [1.29, 1.82) is 0 Å². The quantitative estimate of drug-likeness (QED) is 0.547. The van der Waals surface area contributed by atoms with Gasteiger partial charge in [-0.05, 0) is 55.4 Å². The molecule has 26 heavy (non-hydrogen) atoms. The predicted octanol–water partition coefficient (Wildman–Crippen LogP) is 5.60. The van der Waals surface area contributed by atoms with Crippen LogP contribution in [0.1, 0.15) is 30.4 Å². The lowest BCUT2D eigenvalue weighted by molar-refractivity contribution is -0.142. The van der Waals surface area contributed by atoms with Crippen LogP contribution in [0.5, 0.6) is 0 Å². The summed E-state index contributed by atoms with van der Waals surface area (Å²) in [6, 6.07) is 22.2. The lowest BCUT2D eigenvalue weighted by Gasteiger charge is -2.12. The maximum atomic E-state index is 11.6. The van der Waals surface area contributed by atoms with Gasteiger partial charge in [-0.15, -0.1) is 0 Å². The largest absolute Gasteiger partial charge is 0.481 e. The molecule has 134 valence electrons. The Morgan fingerprint density at radius 1 is 0.846 bits per heavy atom. The third-order valence-electron chi connectivity index (χ3n) is 4.75. The summed E-state index contributed by atoms with van der Waals surface area (Å²) in [5.74, 6) is -0.130. The second-order valence-corrected chi connectivity index (χ2v) is 6.63. The molecule has 2 aromatic carbocycles. The van der Waals surface area contributed by atoms with Gasteiger partial charge in [-0.3, -0.25) is 4.79 Å². The first-order valence-electron chi connectivity index (χ1n) is 9.12. The van der Waals surface area contributed by atoms with Gasteiger partial charge in [-0.2, -0.15) is 0 Å². The normalized spacial score (nSPS) is 12.0. The van der Waals surface area contributed by atoms with Crippen molar-refractivity contribution >= 4 is 5.97 Å². The van der Waals surface area contributed by atoms with Gasteiger partial charge in [-0.25, -0.2) is 0 Å². The summed E-state index contributed by atoms with van der Waals surface area (Å²) in [6.07, 6.45) is 5.66. The highest BCUT2D eigenvalue weighted by Crippen LogP contribution is 2.22. The number of aryl methyl sites for hydroxylation is 2. The standard InChI is InChI=1S/C23H24O3/c24-23(25)21(9-4-8-18-6-2-1-3-7-18)16-13-19-11-14-20(15-12-19)22-10-5-17-26-22/h1-3,5-7,10-12,14-15,17,21H,4,8-9,13,16H2,(H,24,25). The molecule has 0 amide bonds. The van der Waals surface area contributed by atoms with Crippen molar-refractivity contribution in [2.45, 2.75) is 32.1 Å². The summed E-state index contributed by atoms with van der Waals surface area (Å²) in [4.78, 5) is 11.6. The molecule has 1 atom stereocenters. The van der Waals surface area contributed by atoms with Crippen LogP contribution < -0.4 is 0 Å². The van der Waals surface area contributed by atoms with E-state index in [-0.39, 0.29) is 5.92 Å². The third kappa shape index (κ3) is 5.09. The van der Waals surface area contributed by atoms with E-state index >= 15 is 0 Å². The van der Waals surface area contributed by atoms with E-state index in [9.17, 15) is 9.90 Å². The van der Waals surface area contributed by atoms with Gasteiger partial charge in [0.15, 0.2) is 0 Å². The monoisotopic (exact) mass is 348 g/mol. The summed E-state index contributed by atoms with van der Waals surface area (Å²) < 4.78 is 5.39. The van der Waals surface area contributed by atoms with E-state index in [0.29, 0.717) is 12.8 Å². The molecule has 0 bridgehead atoms. The van der Waals surface area contributed by atoms with Crippen LogP contribution in [-0.4, -0.2) is 11.1 Å². The summed E-state index contributed by atoms with van der Waals surface area (Å²) >= 11 is 0. The van der Waals surface area contributed by atoms with Gasteiger partial charge in [0.2, 0.25) is 0 Å². The van der Waals surface area contributed by atoms with Crippen LogP contribution in [0.4, 0.5) is 0 Å². The SMILES string of the molecule is O=C(O)C(CCCc1ccccc1)CCc1ccc(-c2ccco2)cc1. The van der Waals surface area contributed by atoms with Gasteiger partial charge in [0.05, 0.1) is 12.2 Å². The molecule has 0 fully saturated rings. The fourth-order valence-corrected chi connectivity index (χ4v) is 3.21. The Morgan fingerprint density at radius 3 is 2.23 bits per heavy atom. The highest BCUT2D eigenvalue weighted by atomic mass is 16.4. The Kier molecular flexibility index (Phi) is 6.26. The molecular weight excluding hydrogens is 324 g/mol. The number of carboxylic acids is 1. The van der Waals surface area contributed by atoms with Crippen molar-refractivity contribution in [2.75, 3.05) is 0 Å². The number of hydrogen-bond acceptors (Lipinski definition) is 2. The molecule has 0 radical (unpaired) electrons. The van der Waals surface area contributed by atoms with Crippen LogP contribution in [0.15, 0.2) is 77.4 Å². The van der Waals surface area contributed by atoms with Crippen molar-refractivity contribution in [2.24, 2.45) is 5.92 Å². The van der Waals surface area contributed by atoms with E-state index in [1.807, 2.05) is 42.5 Å². The third-order valence-corrected chi connectivity index (χ3v) is 4.75. The molecular formula is C23H24O3. The van der Waals surface area contributed by atoms with Gasteiger partial charge in [-0.1, -0.05) is 54.6 Å². The molecule has 0 saturated heterocycles. The van der Waals surface area contributed by atoms with Crippen molar-refractivity contribution in [1.82, 2.24) is 0 Å². The summed E-state index contributed by atoms with van der Waals surface area (Å²) in [7, 11) is 0. The Balaban J connectivity index is 1.49. The lowest BCUT2D eigenvalue weighted by atomic mass is 9.93. The number of carbonyl (C=O) groups is 1. The molecule has 0 aliphatic carbocycles. The fraction of sp³-hybridized carbons (Fsp3) is 0.261. The van der Waals surface area contributed by atoms with Crippen LogP contribution >= 0.6 is 0 Å². The van der Waals surface area contributed by atoms with Crippen molar-refractivity contribution < 1.29 is 14.3 Å². The molecule has 0 aliphatic heterocycles. The first-order chi connectivity index (χ1) is 12.7. The minimum absolute atomic E-state index is 0.288.